The van der Waals surface area contributed by atoms with Crippen LogP contribution in [0, 0.1) is 0 Å². The molecule has 112 valence electrons. The van der Waals surface area contributed by atoms with Gasteiger partial charge in [-0.2, -0.15) is 5.10 Å². The Morgan fingerprint density at radius 2 is 2.05 bits per heavy atom. The van der Waals surface area contributed by atoms with Crippen LogP contribution in [-0.4, -0.2) is 61.0 Å². The van der Waals surface area contributed by atoms with Crippen LogP contribution in [-0.2, 0) is 6.54 Å². The van der Waals surface area contributed by atoms with E-state index in [4.69, 9.17) is 0 Å². The second-order valence-electron chi connectivity index (χ2n) is 5.27. The van der Waals surface area contributed by atoms with Crippen molar-refractivity contribution in [2.75, 3.05) is 51.2 Å². The van der Waals surface area contributed by atoms with E-state index in [1.165, 1.54) is 0 Å². The number of likely N-dealkylation sites (N-methyl/N-ethyl adjacent to an activating group) is 1. The zero-order valence-electron chi connectivity index (χ0n) is 12.5. The average Bonchev–Trinajstić information content (AvgIpc) is 2.46. The normalized spacial score (nSPS) is 16.6. The molecule has 1 aliphatic rings. The summed E-state index contributed by atoms with van der Waals surface area (Å²) in [6.07, 6.45) is 2.74. The summed E-state index contributed by atoms with van der Waals surface area (Å²) < 4.78 is 1.55. The SMILES string of the molecule is CCNCCCn1ncc(N2CCN(C)CC2)cc1=O. The fraction of sp³-hybridized carbons (Fsp3) is 0.714. The fourth-order valence-corrected chi connectivity index (χ4v) is 2.36. The molecular weight excluding hydrogens is 254 g/mol. The van der Waals surface area contributed by atoms with E-state index in [9.17, 15) is 4.79 Å². The summed E-state index contributed by atoms with van der Waals surface area (Å²) in [6.45, 7) is 8.63. The lowest BCUT2D eigenvalue weighted by molar-refractivity contribution is 0.312. The molecule has 0 bridgehead atoms. The van der Waals surface area contributed by atoms with Gasteiger partial charge in [-0.3, -0.25) is 4.79 Å². The van der Waals surface area contributed by atoms with Gasteiger partial charge in [0.1, 0.15) is 0 Å². The van der Waals surface area contributed by atoms with Crippen LogP contribution < -0.4 is 15.8 Å². The third-order valence-corrected chi connectivity index (χ3v) is 3.70. The molecular formula is C14H25N5O. The van der Waals surface area contributed by atoms with Crippen LogP contribution >= 0.6 is 0 Å². The lowest BCUT2D eigenvalue weighted by atomic mass is 10.3. The number of aryl methyl sites for hydroxylation is 1. The van der Waals surface area contributed by atoms with Gasteiger partial charge in [-0.05, 0) is 26.6 Å². The number of nitrogens with zero attached hydrogens (tertiary/aromatic N) is 4. The van der Waals surface area contributed by atoms with Crippen LogP contribution in [0.15, 0.2) is 17.1 Å². The number of hydrogen-bond donors (Lipinski definition) is 1. The van der Waals surface area contributed by atoms with Gasteiger partial charge in [-0.15, -0.1) is 0 Å². The maximum atomic E-state index is 12.1. The largest absolute Gasteiger partial charge is 0.368 e. The molecule has 0 saturated carbocycles. The molecule has 1 aromatic rings. The van der Waals surface area contributed by atoms with Crippen molar-refractivity contribution >= 4 is 5.69 Å². The van der Waals surface area contributed by atoms with Gasteiger partial charge in [0, 0.05) is 38.8 Å². The quantitative estimate of drug-likeness (QED) is 0.743. The van der Waals surface area contributed by atoms with Crippen LogP contribution in [0.25, 0.3) is 0 Å². The highest BCUT2D eigenvalue weighted by atomic mass is 16.1. The van der Waals surface area contributed by atoms with Gasteiger partial charge in [0.2, 0.25) is 0 Å². The van der Waals surface area contributed by atoms with Gasteiger partial charge in [0.15, 0.2) is 0 Å². The molecule has 0 radical (unpaired) electrons. The molecule has 2 heterocycles. The highest BCUT2D eigenvalue weighted by molar-refractivity contribution is 5.43. The van der Waals surface area contributed by atoms with Gasteiger partial charge in [-0.1, -0.05) is 6.92 Å². The number of nitrogens with one attached hydrogen (secondary N) is 1. The summed E-state index contributed by atoms with van der Waals surface area (Å²) in [4.78, 5) is 16.6. The van der Waals surface area contributed by atoms with Gasteiger partial charge in [0.05, 0.1) is 11.9 Å². The van der Waals surface area contributed by atoms with Crippen molar-refractivity contribution in [3.05, 3.63) is 22.6 Å². The number of aromatic nitrogens is 2. The first-order valence-electron chi connectivity index (χ1n) is 7.42. The monoisotopic (exact) mass is 279 g/mol. The number of piperazine rings is 1. The Balaban J connectivity index is 1.93. The van der Waals surface area contributed by atoms with Crippen molar-refractivity contribution in [2.24, 2.45) is 0 Å². The first-order chi connectivity index (χ1) is 9.70. The van der Waals surface area contributed by atoms with E-state index in [1.807, 2.05) is 6.20 Å². The van der Waals surface area contributed by atoms with Crippen molar-refractivity contribution in [1.29, 1.82) is 0 Å². The molecule has 0 atom stereocenters. The van der Waals surface area contributed by atoms with Crippen LogP contribution in [0.5, 0.6) is 0 Å². The summed E-state index contributed by atoms with van der Waals surface area (Å²) >= 11 is 0. The summed E-state index contributed by atoms with van der Waals surface area (Å²) in [6, 6.07) is 1.71. The summed E-state index contributed by atoms with van der Waals surface area (Å²) in [5.74, 6) is 0. The smallest absolute Gasteiger partial charge is 0.268 e. The Morgan fingerprint density at radius 1 is 1.30 bits per heavy atom. The molecule has 0 unspecified atom stereocenters. The third-order valence-electron chi connectivity index (χ3n) is 3.70. The van der Waals surface area contributed by atoms with Crippen LogP contribution in [0.1, 0.15) is 13.3 Å². The molecule has 0 spiro atoms. The summed E-state index contributed by atoms with van der Waals surface area (Å²) in [5, 5.41) is 7.54. The standard InChI is InChI=1S/C14H25N5O/c1-3-15-5-4-6-19-14(20)11-13(12-16-19)18-9-7-17(2)8-10-18/h11-12,15H,3-10H2,1-2H3. The van der Waals surface area contributed by atoms with Crippen molar-refractivity contribution in [3.8, 4) is 0 Å². The Kier molecular flexibility index (Phi) is 5.55. The fourth-order valence-electron chi connectivity index (χ4n) is 2.36. The minimum atomic E-state index is -0.00192. The lowest BCUT2D eigenvalue weighted by Crippen LogP contribution is -2.45. The van der Waals surface area contributed by atoms with E-state index >= 15 is 0 Å². The van der Waals surface area contributed by atoms with Gasteiger partial charge in [0.25, 0.3) is 5.56 Å². The van der Waals surface area contributed by atoms with Crippen molar-refractivity contribution in [2.45, 2.75) is 19.9 Å². The molecule has 6 heteroatoms. The van der Waals surface area contributed by atoms with E-state index in [0.717, 1.165) is 51.4 Å². The van der Waals surface area contributed by atoms with Gasteiger partial charge >= 0.3 is 0 Å². The minimum absolute atomic E-state index is 0.00192. The molecule has 0 amide bonds. The molecule has 2 rings (SSSR count). The second-order valence-corrected chi connectivity index (χ2v) is 5.27. The summed E-state index contributed by atoms with van der Waals surface area (Å²) in [7, 11) is 2.12. The average molecular weight is 279 g/mol. The number of rotatable bonds is 6. The topological polar surface area (TPSA) is 53.4 Å². The Morgan fingerprint density at radius 3 is 2.70 bits per heavy atom. The van der Waals surface area contributed by atoms with Crippen LogP contribution in [0.2, 0.25) is 0 Å². The predicted molar refractivity (Wildman–Crippen MR) is 81.4 cm³/mol. The molecule has 0 aliphatic carbocycles. The van der Waals surface area contributed by atoms with Crippen LogP contribution in [0.4, 0.5) is 5.69 Å². The first kappa shape index (κ1) is 15.0. The zero-order chi connectivity index (χ0) is 14.4. The highest BCUT2D eigenvalue weighted by Gasteiger charge is 2.15. The predicted octanol–water partition coefficient (Wildman–Crippen LogP) is -0.00530. The maximum absolute atomic E-state index is 12.1. The number of anilines is 1. The number of hydrogen-bond acceptors (Lipinski definition) is 5. The molecule has 1 aliphatic heterocycles. The Labute approximate surface area is 120 Å². The van der Waals surface area contributed by atoms with E-state index in [0.29, 0.717) is 6.54 Å². The molecule has 1 fully saturated rings. The molecule has 0 aromatic carbocycles. The Hall–Kier alpha value is -1.40. The van der Waals surface area contributed by atoms with Crippen molar-refractivity contribution in [3.63, 3.8) is 0 Å². The van der Waals surface area contributed by atoms with Crippen LogP contribution in [0.3, 0.4) is 0 Å². The third kappa shape index (κ3) is 4.05. The molecule has 20 heavy (non-hydrogen) atoms. The van der Waals surface area contributed by atoms with Gasteiger partial charge in [-0.25, -0.2) is 4.68 Å². The van der Waals surface area contributed by atoms with E-state index < -0.39 is 0 Å². The van der Waals surface area contributed by atoms with E-state index in [1.54, 1.807) is 10.7 Å². The lowest BCUT2D eigenvalue weighted by Gasteiger charge is -2.33. The summed E-state index contributed by atoms with van der Waals surface area (Å²) in [5.41, 5.74) is 0.948. The molecule has 1 saturated heterocycles. The molecule has 6 nitrogen and oxygen atoms in total. The van der Waals surface area contributed by atoms with Gasteiger partial charge < -0.3 is 15.1 Å². The first-order valence-corrected chi connectivity index (χ1v) is 7.42. The van der Waals surface area contributed by atoms with E-state index in [-0.39, 0.29) is 5.56 Å². The molecule has 1 aromatic heterocycles. The van der Waals surface area contributed by atoms with Crippen molar-refractivity contribution < 1.29 is 0 Å². The Bertz CT molecular complexity index is 465. The molecule has 1 N–H and O–H groups in total. The van der Waals surface area contributed by atoms with E-state index in [2.05, 4.69) is 34.2 Å². The second kappa shape index (κ2) is 7.40. The van der Waals surface area contributed by atoms with Crippen molar-refractivity contribution in [1.82, 2.24) is 20.0 Å². The zero-order valence-corrected chi connectivity index (χ0v) is 12.5. The highest BCUT2D eigenvalue weighted by Crippen LogP contribution is 2.11. The minimum Gasteiger partial charge on any atom is -0.368 e. The maximum Gasteiger partial charge on any atom is 0.268 e.